The maximum Gasteiger partial charge on any atom is 0.271 e. The molecule has 2 amide bonds. The summed E-state index contributed by atoms with van der Waals surface area (Å²) in [6, 6.07) is 4.69. The van der Waals surface area contributed by atoms with E-state index in [1.807, 2.05) is 11.8 Å². The first-order valence-electron chi connectivity index (χ1n) is 13.3. The SMILES string of the molecule is CCc1cc2c(cc3n2C[C@@](C)(C(=O)NC2CCCCCC2)N(C2CCCCCC2)C3=O)s1. The van der Waals surface area contributed by atoms with Gasteiger partial charge in [-0.3, -0.25) is 9.59 Å². The third-order valence-corrected chi connectivity index (χ3v) is 9.51. The number of hydrogen-bond donors (Lipinski definition) is 1. The van der Waals surface area contributed by atoms with E-state index in [1.165, 1.54) is 48.1 Å². The van der Waals surface area contributed by atoms with Gasteiger partial charge in [-0.1, -0.05) is 58.3 Å². The number of aryl methyl sites for hydroxylation is 1. The number of carbonyl (C=O) groups is 2. The molecule has 0 radical (unpaired) electrons. The topological polar surface area (TPSA) is 54.3 Å². The number of hydrogen-bond acceptors (Lipinski definition) is 3. The van der Waals surface area contributed by atoms with Crippen LogP contribution >= 0.6 is 11.3 Å². The van der Waals surface area contributed by atoms with Gasteiger partial charge in [0.25, 0.3) is 5.91 Å². The van der Waals surface area contributed by atoms with Crippen molar-refractivity contribution in [3.05, 3.63) is 22.7 Å². The Morgan fingerprint density at radius 2 is 1.67 bits per heavy atom. The van der Waals surface area contributed by atoms with Gasteiger partial charge < -0.3 is 14.8 Å². The maximum absolute atomic E-state index is 14.0. The van der Waals surface area contributed by atoms with Crippen LogP contribution in [-0.2, 0) is 17.8 Å². The molecule has 3 heterocycles. The fourth-order valence-corrected chi connectivity index (χ4v) is 7.42. The minimum atomic E-state index is -0.855. The molecule has 0 bridgehead atoms. The minimum absolute atomic E-state index is 0.0467. The van der Waals surface area contributed by atoms with Gasteiger partial charge in [-0.2, -0.15) is 0 Å². The summed E-state index contributed by atoms with van der Waals surface area (Å²) in [5.74, 6) is 0.0959. The molecule has 1 aliphatic heterocycles. The Hall–Kier alpha value is -1.82. The van der Waals surface area contributed by atoms with E-state index < -0.39 is 5.54 Å². The molecule has 180 valence electrons. The van der Waals surface area contributed by atoms with Crippen molar-refractivity contribution >= 4 is 33.4 Å². The monoisotopic (exact) mass is 469 g/mol. The van der Waals surface area contributed by atoms with Crippen LogP contribution in [-0.4, -0.2) is 38.9 Å². The summed E-state index contributed by atoms with van der Waals surface area (Å²) in [6.07, 6.45) is 14.8. The van der Waals surface area contributed by atoms with Gasteiger partial charge in [0.1, 0.15) is 11.2 Å². The summed E-state index contributed by atoms with van der Waals surface area (Å²) in [7, 11) is 0. The van der Waals surface area contributed by atoms with Crippen molar-refractivity contribution < 1.29 is 9.59 Å². The molecule has 2 saturated carbocycles. The molecule has 0 aromatic carbocycles. The molecule has 6 heteroatoms. The number of fused-ring (bicyclic) bond motifs is 3. The second-order valence-electron chi connectivity index (χ2n) is 10.7. The lowest BCUT2D eigenvalue weighted by atomic mass is 9.89. The van der Waals surface area contributed by atoms with Gasteiger partial charge in [0.2, 0.25) is 5.91 Å². The summed E-state index contributed by atoms with van der Waals surface area (Å²) in [4.78, 5) is 31.4. The molecule has 2 fully saturated rings. The Morgan fingerprint density at radius 1 is 1.03 bits per heavy atom. The Labute approximate surface area is 201 Å². The van der Waals surface area contributed by atoms with Crippen LogP contribution in [0.1, 0.15) is 106 Å². The lowest BCUT2D eigenvalue weighted by Gasteiger charge is -2.48. The van der Waals surface area contributed by atoms with Gasteiger partial charge in [-0.25, -0.2) is 0 Å². The van der Waals surface area contributed by atoms with Crippen molar-refractivity contribution in [2.45, 2.75) is 121 Å². The molecule has 5 nitrogen and oxygen atoms in total. The maximum atomic E-state index is 14.0. The summed E-state index contributed by atoms with van der Waals surface area (Å²) in [5.41, 5.74) is 1.03. The number of amides is 2. The fraction of sp³-hybridized carbons (Fsp3) is 0.704. The van der Waals surface area contributed by atoms with Gasteiger partial charge in [0.15, 0.2) is 0 Å². The average Bonchev–Trinajstić information content (AvgIpc) is 3.08. The van der Waals surface area contributed by atoms with Crippen LogP contribution in [0.4, 0.5) is 0 Å². The van der Waals surface area contributed by atoms with Gasteiger partial charge in [0.05, 0.1) is 16.8 Å². The third-order valence-electron chi connectivity index (χ3n) is 8.29. The number of rotatable bonds is 4. The highest BCUT2D eigenvalue weighted by molar-refractivity contribution is 7.19. The molecular weight excluding hydrogens is 430 g/mol. The Morgan fingerprint density at radius 3 is 2.30 bits per heavy atom. The normalized spacial score (nSPS) is 25.6. The second kappa shape index (κ2) is 9.44. The Balaban J connectivity index is 1.53. The Kier molecular flexibility index (Phi) is 6.56. The van der Waals surface area contributed by atoms with Crippen molar-refractivity contribution in [3.63, 3.8) is 0 Å². The third kappa shape index (κ3) is 4.24. The summed E-state index contributed by atoms with van der Waals surface area (Å²) in [5, 5.41) is 3.42. The standard InChI is InChI=1S/C27H39N3O2S/c1-3-21-16-22-24(33-21)17-23-25(31)30(20-14-10-6-7-11-15-20)27(2,18-29(22)23)26(32)28-19-12-8-4-5-9-13-19/h16-17,19-20H,3-15,18H2,1-2H3,(H,28,32)/t27-/m0/s1. The highest BCUT2D eigenvalue weighted by Crippen LogP contribution is 2.39. The predicted molar refractivity (Wildman–Crippen MR) is 135 cm³/mol. The predicted octanol–water partition coefficient (Wildman–Crippen LogP) is 6.04. The molecule has 5 rings (SSSR count). The highest BCUT2D eigenvalue weighted by Gasteiger charge is 2.50. The average molecular weight is 470 g/mol. The highest BCUT2D eigenvalue weighted by atomic mass is 32.1. The van der Waals surface area contributed by atoms with Gasteiger partial charge >= 0.3 is 0 Å². The number of thiophene rings is 1. The number of carbonyl (C=O) groups excluding carboxylic acids is 2. The van der Waals surface area contributed by atoms with E-state index >= 15 is 0 Å². The van der Waals surface area contributed by atoms with E-state index in [2.05, 4.69) is 28.9 Å². The van der Waals surface area contributed by atoms with Crippen LogP contribution in [0.2, 0.25) is 0 Å². The molecule has 1 atom stereocenters. The first-order valence-corrected chi connectivity index (χ1v) is 14.1. The van der Waals surface area contributed by atoms with E-state index in [-0.39, 0.29) is 23.9 Å². The summed E-state index contributed by atoms with van der Waals surface area (Å²) >= 11 is 1.78. The van der Waals surface area contributed by atoms with Gasteiger partial charge in [-0.15, -0.1) is 11.3 Å². The fourth-order valence-electron chi connectivity index (χ4n) is 6.38. The zero-order chi connectivity index (χ0) is 23.0. The van der Waals surface area contributed by atoms with Crippen LogP contribution in [0.25, 0.3) is 10.2 Å². The molecule has 0 unspecified atom stereocenters. The quantitative estimate of drug-likeness (QED) is 0.555. The first kappa shape index (κ1) is 22.9. The zero-order valence-electron chi connectivity index (χ0n) is 20.3. The van der Waals surface area contributed by atoms with Crippen molar-refractivity contribution in [3.8, 4) is 0 Å². The molecule has 0 spiro atoms. The number of aromatic nitrogens is 1. The Bertz CT molecular complexity index is 1010. The van der Waals surface area contributed by atoms with Gasteiger partial charge in [-0.05, 0) is 51.2 Å². The smallest absolute Gasteiger partial charge is 0.271 e. The molecule has 0 saturated heterocycles. The summed E-state index contributed by atoms with van der Waals surface area (Å²) in [6.45, 7) is 4.75. The van der Waals surface area contributed by atoms with Crippen molar-refractivity contribution in [2.75, 3.05) is 0 Å². The van der Waals surface area contributed by atoms with Crippen LogP contribution in [0.3, 0.4) is 0 Å². The van der Waals surface area contributed by atoms with E-state index in [9.17, 15) is 9.59 Å². The molecular formula is C27H39N3O2S. The van der Waals surface area contributed by atoms with Crippen molar-refractivity contribution in [1.82, 2.24) is 14.8 Å². The second-order valence-corrected chi connectivity index (χ2v) is 11.9. The molecule has 2 aromatic rings. The van der Waals surface area contributed by atoms with Gasteiger partial charge in [0, 0.05) is 17.0 Å². The first-order chi connectivity index (χ1) is 16.0. The van der Waals surface area contributed by atoms with E-state index in [4.69, 9.17) is 0 Å². The zero-order valence-corrected chi connectivity index (χ0v) is 21.1. The number of nitrogens with one attached hydrogen (secondary N) is 1. The molecule has 33 heavy (non-hydrogen) atoms. The molecule has 1 N–H and O–H groups in total. The number of nitrogens with zero attached hydrogens (tertiary/aromatic N) is 2. The van der Waals surface area contributed by atoms with Crippen molar-refractivity contribution in [2.24, 2.45) is 0 Å². The summed E-state index contributed by atoms with van der Waals surface area (Å²) < 4.78 is 3.32. The van der Waals surface area contributed by atoms with Crippen LogP contribution in [0, 0.1) is 0 Å². The molecule has 3 aliphatic rings. The minimum Gasteiger partial charge on any atom is -0.351 e. The van der Waals surface area contributed by atoms with E-state index in [1.54, 1.807) is 11.3 Å². The van der Waals surface area contributed by atoms with Crippen LogP contribution in [0.5, 0.6) is 0 Å². The van der Waals surface area contributed by atoms with E-state index in [0.29, 0.717) is 6.54 Å². The molecule has 2 aromatic heterocycles. The lowest BCUT2D eigenvalue weighted by molar-refractivity contribution is -0.135. The molecule has 2 aliphatic carbocycles. The largest absolute Gasteiger partial charge is 0.351 e. The lowest BCUT2D eigenvalue weighted by Crippen LogP contribution is -2.67. The van der Waals surface area contributed by atoms with Crippen molar-refractivity contribution in [1.29, 1.82) is 0 Å². The van der Waals surface area contributed by atoms with Crippen LogP contribution in [0.15, 0.2) is 12.1 Å². The van der Waals surface area contributed by atoms with E-state index in [0.717, 1.165) is 56.2 Å². The van der Waals surface area contributed by atoms with Crippen LogP contribution < -0.4 is 5.32 Å².